The first kappa shape index (κ1) is 28.4. The highest BCUT2D eigenvalue weighted by Gasteiger charge is 2.43. The minimum absolute atomic E-state index is 0.0374. The highest BCUT2D eigenvalue weighted by atomic mass is 32.2. The molecule has 198 valence electrons. The molecular weight excluding hydrogens is 520 g/mol. The molecule has 0 aromatic carbocycles. The number of carboxylic acids is 2. The summed E-state index contributed by atoms with van der Waals surface area (Å²) in [6.07, 6.45) is 1.59. The first-order chi connectivity index (χ1) is 17.7. The van der Waals surface area contributed by atoms with Gasteiger partial charge in [-0.05, 0) is 45.3 Å². The second kappa shape index (κ2) is 13.4. The van der Waals surface area contributed by atoms with Crippen molar-refractivity contribution in [3.63, 3.8) is 0 Å². The minimum Gasteiger partial charge on any atom is -0.481 e. The molecule has 2 aromatic rings. The van der Waals surface area contributed by atoms with E-state index in [0.717, 1.165) is 39.7 Å². The molecule has 1 amide bonds. The standard InChI is InChI=1S/C20H24N4O3S2.C4H4O4/c1-23(2)9-4-10-27-20-17-16(28-11-12-29-17)19(25)24(20)14-7-5-13-6-8-15(26-3)22-18(13)21-14;5-3(6)1-2-4(7)8/h5-8,20H,4,9-12H2,1-3H3;1-2H,(H,5,6)(H,7,8)/b;2-1+. The Morgan fingerprint density at radius 2 is 1.78 bits per heavy atom. The number of hydrogen-bond acceptors (Lipinski definition) is 10. The molecule has 0 radical (unpaired) electrons. The number of nitrogens with zero attached hydrogens (tertiary/aromatic N) is 4. The summed E-state index contributed by atoms with van der Waals surface area (Å²) in [5.41, 5.74) is 0.547. The van der Waals surface area contributed by atoms with Crippen LogP contribution in [0.25, 0.3) is 11.0 Å². The Bertz CT molecular complexity index is 1200. The number of carboxylic acid groups (broad SMARTS) is 2. The molecule has 0 fully saturated rings. The van der Waals surface area contributed by atoms with Crippen molar-refractivity contribution in [1.29, 1.82) is 0 Å². The van der Waals surface area contributed by atoms with Crippen molar-refractivity contribution in [2.75, 3.05) is 50.8 Å². The summed E-state index contributed by atoms with van der Waals surface area (Å²) in [5, 5.41) is 16.5. The Balaban J connectivity index is 0.000000414. The van der Waals surface area contributed by atoms with E-state index in [9.17, 15) is 14.4 Å². The average Bonchev–Trinajstić information content (AvgIpc) is 3.16. The largest absolute Gasteiger partial charge is 0.481 e. The molecule has 0 aliphatic carbocycles. The van der Waals surface area contributed by atoms with Gasteiger partial charge in [0.05, 0.1) is 23.5 Å². The van der Waals surface area contributed by atoms with E-state index in [4.69, 9.17) is 19.7 Å². The summed E-state index contributed by atoms with van der Waals surface area (Å²) < 4.78 is 11.4. The number of fused-ring (bicyclic) bond motifs is 1. The van der Waals surface area contributed by atoms with Crippen LogP contribution in [-0.4, -0.2) is 95.0 Å². The molecular formula is C24H28N4O7S2. The lowest BCUT2D eigenvalue weighted by atomic mass is 10.3. The number of pyridine rings is 2. The maximum Gasteiger partial charge on any atom is 0.328 e. The molecule has 0 saturated heterocycles. The zero-order valence-electron chi connectivity index (χ0n) is 20.6. The molecule has 2 aliphatic heterocycles. The maximum atomic E-state index is 13.2. The van der Waals surface area contributed by atoms with Gasteiger partial charge < -0.3 is 24.6 Å². The summed E-state index contributed by atoms with van der Waals surface area (Å²) in [4.78, 5) is 47.0. The van der Waals surface area contributed by atoms with Crippen LogP contribution >= 0.6 is 23.5 Å². The fraction of sp³-hybridized carbons (Fsp3) is 0.375. The third kappa shape index (κ3) is 7.68. The molecule has 2 aliphatic rings. The SMILES string of the molecule is COc1ccc2ccc(N3C(=O)C4=C(SCCS4)C3OCCCN(C)C)nc2n1.O=C(O)/C=C/C(=O)O. The number of carbonyl (C=O) groups excluding carboxylic acids is 1. The van der Waals surface area contributed by atoms with Crippen molar-refractivity contribution in [1.82, 2.24) is 14.9 Å². The second-order valence-corrected chi connectivity index (χ2v) is 10.3. The van der Waals surface area contributed by atoms with Crippen LogP contribution in [0.5, 0.6) is 5.88 Å². The fourth-order valence-corrected chi connectivity index (χ4v) is 5.87. The first-order valence-electron chi connectivity index (χ1n) is 11.3. The first-order valence-corrected chi connectivity index (χ1v) is 13.2. The normalized spacial score (nSPS) is 17.2. The van der Waals surface area contributed by atoms with E-state index in [1.165, 1.54) is 0 Å². The number of amides is 1. The molecule has 11 nitrogen and oxygen atoms in total. The Labute approximate surface area is 222 Å². The van der Waals surface area contributed by atoms with Gasteiger partial charge in [-0.25, -0.2) is 14.6 Å². The van der Waals surface area contributed by atoms with E-state index in [-0.39, 0.29) is 5.91 Å². The topological polar surface area (TPSA) is 142 Å². The highest BCUT2D eigenvalue weighted by molar-refractivity contribution is 8.10. The predicted octanol–water partition coefficient (Wildman–Crippen LogP) is 2.68. The molecule has 2 N–H and O–H groups in total. The van der Waals surface area contributed by atoms with Gasteiger partial charge in [-0.15, -0.1) is 23.5 Å². The van der Waals surface area contributed by atoms with Crippen LogP contribution in [-0.2, 0) is 19.1 Å². The number of ether oxygens (including phenoxy) is 2. The molecule has 1 atom stereocenters. The van der Waals surface area contributed by atoms with Crippen LogP contribution < -0.4 is 9.64 Å². The lowest BCUT2D eigenvalue weighted by molar-refractivity contribution is -0.134. The number of hydrogen-bond donors (Lipinski definition) is 2. The van der Waals surface area contributed by atoms with Gasteiger partial charge in [0.15, 0.2) is 11.9 Å². The van der Waals surface area contributed by atoms with Crippen LogP contribution in [0.2, 0.25) is 0 Å². The second-order valence-electron chi connectivity index (χ2n) is 8.03. The van der Waals surface area contributed by atoms with E-state index in [1.54, 1.807) is 41.6 Å². The molecule has 4 heterocycles. The lowest BCUT2D eigenvalue weighted by Crippen LogP contribution is -2.38. The van der Waals surface area contributed by atoms with Crippen molar-refractivity contribution >= 4 is 58.2 Å². The number of methoxy groups -OCH3 is 1. The molecule has 0 bridgehead atoms. The van der Waals surface area contributed by atoms with Gasteiger partial charge in [0, 0.05) is 35.1 Å². The predicted molar refractivity (Wildman–Crippen MR) is 143 cm³/mol. The van der Waals surface area contributed by atoms with Crippen LogP contribution in [0.3, 0.4) is 0 Å². The van der Waals surface area contributed by atoms with Crippen LogP contribution in [0.4, 0.5) is 5.82 Å². The summed E-state index contributed by atoms with van der Waals surface area (Å²) in [6, 6.07) is 7.50. The van der Waals surface area contributed by atoms with E-state index in [2.05, 4.69) is 14.9 Å². The van der Waals surface area contributed by atoms with Crippen LogP contribution in [0.15, 0.2) is 46.2 Å². The van der Waals surface area contributed by atoms with E-state index >= 15 is 0 Å². The van der Waals surface area contributed by atoms with Crippen molar-refractivity contribution < 1.29 is 34.1 Å². The average molecular weight is 549 g/mol. The monoisotopic (exact) mass is 548 g/mol. The molecule has 0 saturated carbocycles. The Kier molecular flexibility index (Phi) is 10.3. The molecule has 37 heavy (non-hydrogen) atoms. The van der Waals surface area contributed by atoms with E-state index in [0.29, 0.717) is 36.1 Å². The molecule has 2 aromatic heterocycles. The lowest BCUT2D eigenvalue weighted by Gasteiger charge is -2.26. The molecule has 1 unspecified atom stereocenters. The van der Waals surface area contributed by atoms with E-state index in [1.807, 2.05) is 32.3 Å². The van der Waals surface area contributed by atoms with E-state index < -0.39 is 18.2 Å². The van der Waals surface area contributed by atoms with Crippen molar-refractivity contribution in [2.24, 2.45) is 0 Å². The van der Waals surface area contributed by atoms with Crippen LogP contribution in [0.1, 0.15) is 6.42 Å². The summed E-state index contributed by atoms with van der Waals surface area (Å²) >= 11 is 3.33. The van der Waals surface area contributed by atoms with Crippen molar-refractivity contribution in [2.45, 2.75) is 12.6 Å². The summed E-state index contributed by atoms with van der Waals surface area (Å²) in [7, 11) is 5.66. The third-order valence-corrected chi connectivity index (χ3v) is 7.65. The zero-order valence-corrected chi connectivity index (χ0v) is 22.3. The van der Waals surface area contributed by atoms with Crippen molar-refractivity contribution in [3.05, 3.63) is 46.2 Å². The van der Waals surface area contributed by atoms with Gasteiger partial charge in [-0.2, -0.15) is 4.98 Å². The van der Waals surface area contributed by atoms with Gasteiger partial charge in [0.25, 0.3) is 5.91 Å². The molecule has 0 spiro atoms. The maximum absolute atomic E-state index is 13.2. The minimum atomic E-state index is -1.26. The molecule has 4 rings (SSSR count). The zero-order chi connectivity index (χ0) is 26.9. The van der Waals surface area contributed by atoms with Gasteiger partial charge in [-0.1, -0.05) is 0 Å². The number of anilines is 1. The Morgan fingerprint density at radius 3 is 2.43 bits per heavy atom. The summed E-state index contributed by atoms with van der Waals surface area (Å²) in [5.74, 6) is 0.405. The van der Waals surface area contributed by atoms with Crippen LogP contribution in [0, 0.1) is 0 Å². The number of aliphatic carboxylic acids is 2. The highest BCUT2D eigenvalue weighted by Crippen LogP contribution is 2.45. The number of carbonyl (C=O) groups is 3. The van der Waals surface area contributed by atoms with Gasteiger partial charge >= 0.3 is 11.9 Å². The third-order valence-electron chi connectivity index (χ3n) is 5.04. The van der Waals surface area contributed by atoms with Gasteiger partial charge in [0.1, 0.15) is 5.82 Å². The van der Waals surface area contributed by atoms with Gasteiger partial charge in [-0.3, -0.25) is 9.69 Å². The quantitative estimate of drug-likeness (QED) is 0.351. The summed E-state index contributed by atoms with van der Waals surface area (Å²) in [6.45, 7) is 1.51. The van der Waals surface area contributed by atoms with Crippen molar-refractivity contribution in [3.8, 4) is 5.88 Å². The smallest absolute Gasteiger partial charge is 0.328 e. The number of rotatable bonds is 9. The number of aromatic nitrogens is 2. The fourth-order valence-electron chi connectivity index (χ4n) is 3.43. The van der Waals surface area contributed by atoms with Gasteiger partial charge in [0.2, 0.25) is 5.88 Å². The Hall–Kier alpha value is -3.13. The Morgan fingerprint density at radius 1 is 1.11 bits per heavy atom. The molecule has 13 heteroatoms. The number of thioether (sulfide) groups is 2.